The van der Waals surface area contributed by atoms with Crippen LogP contribution in [0.3, 0.4) is 0 Å². The fourth-order valence-corrected chi connectivity index (χ4v) is 7.11. The van der Waals surface area contributed by atoms with Gasteiger partial charge in [-0.05, 0) is 55.1 Å². The highest BCUT2D eigenvalue weighted by molar-refractivity contribution is 6.30. The second-order valence-corrected chi connectivity index (χ2v) is 10.6. The normalized spacial score (nSPS) is 29.4. The molecular formula is C26H26ClF3N4. The van der Waals surface area contributed by atoms with Gasteiger partial charge in [0.15, 0.2) is 5.82 Å². The highest BCUT2D eigenvalue weighted by atomic mass is 35.5. The molecule has 2 bridgehead atoms. The predicted molar refractivity (Wildman–Crippen MR) is 124 cm³/mol. The fourth-order valence-electron chi connectivity index (χ4n) is 6.92. The zero-order valence-electron chi connectivity index (χ0n) is 19.1. The van der Waals surface area contributed by atoms with Gasteiger partial charge in [0.1, 0.15) is 5.82 Å². The number of halogens is 4. The van der Waals surface area contributed by atoms with Crippen LogP contribution in [0.4, 0.5) is 13.2 Å². The van der Waals surface area contributed by atoms with Crippen LogP contribution in [-0.2, 0) is 25.1 Å². The van der Waals surface area contributed by atoms with Crippen LogP contribution in [0.1, 0.15) is 36.7 Å². The van der Waals surface area contributed by atoms with E-state index < -0.39 is 11.7 Å². The monoisotopic (exact) mass is 486 g/mol. The average molecular weight is 487 g/mol. The molecule has 4 nitrogen and oxygen atoms in total. The fraction of sp³-hybridized carbons (Fsp3) is 0.462. The first-order valence-corrected chi connectivity index (χ1v) is 12.1. The van der Waals surface area contributed by atoms with Crippen LogP contribution < -0.4 is 0 Å². The number of benzene rings is 2. The lowest BCUT2D eigenvalue weighted by molar-refractivity contribution is -0.137. The number of unbranched alkanes of at least 4 members (excludes halogenated alkanes) is 1. The maximum Gasteiger partial charge on any atom is 0.416 e. The number of nitrogens with zero attached hydrogens (tertiary/aromatic N) is 4. The standard InChI is InChI=1S/C26H26ClF3N4/c1-24-20-15-34(23(24)25(20,24)17-9-11-18(12-10-17)26(28,29)30)13-4-3-8-21-31-32-22(33(21)2)16-6-5-7-19(27)14-16/h5-7,9-12,14,20,23H,3-4,8,13,15H2,1-2H3/t20-,23?,24-,25?/m1/s1. The van der Waals surface area contributed by atoms with Crippen molar-refractivity contribution in [3.63, 3.8) is 0 Å². The molecule has 7 rings (SSSR count). The molecule has 2 saturated heterocycles. The summed E-state index contributed by atoms with van der Waals surface area (Å²) >= 11 is 6.11. The molecule has 0 spiro atoms. The Morgan fingerprint density at radius 2 is 1.85 bits per heavy atom. The van der Waals surface area contributed by atoms with Gasteiger partial charge < -0.3 is 4.57 Å². The molecule has 178 valence electrons. The summed E-state index contributed by atoms with van der Waals surface area (Å²) in [5.74, 6) is 2.34. The molecule has 34 heavy (non-hydrogen) atoms. The summed E-state index contributed by atoms with van der Waals surface area (Å²) in [5.41, 5.74) is 1.78. The molecule has 3 heterocycles. The Hall–Kier alpha value is -2.38. The molecule has 8 heteroatoms. The lowest BCUT2D eigenvalue weighted by Gasteiger charge is -2.17. The molecule has 2 aromatic carbocycles. The van der Waals surface area contributed by atoms with Gasteiger partial charge in [-0.1, -0.05) is 42.8 Å². The van der Waals surface area contributed by atoms with E-state index in [1.54, 1.807) is 12.1 Å². The SMILES string of the molecule is Cn1c(CCCCN2C[C@H]3C4(c5ccc(C(F)(F)F)cc5)C2[C@@]34C)nnc1-c1cccc(Cl)c1. The largest absolute Gasteiger partial charge is 0.416 e. The number of alkyl halides is 3. The van der Waals surface area contributed by atoms with Crippen molar-refractivity contribution in [2.75, 3.05) is 13.1 Å². The van der Waals surface area contributed by atoms with Crippen LogP contribution in [0.2, 0.25) is 5.02 Å². The zero-order valence-corrected chi connectivity index (χ0v) is 19.9. The van der Waals surface area contributed by atoms with E-state index in [9.17, 15) is 13.2 Å². The van der Waals surface area contributed by atoms with Gasteiger partial charge in [-0.15, -0.1) is 10.2 Å². The Morgan fingerprint density at radius 1 is 1.09 bits per heavy atom. The molecule has 0 N–H and O–H groups in total. The molecule has 0 radical (unpaired) electrons. The molecule has 4 fully saturated rings. The number of hydrogen-bond donors (Lipinski definition) is 0. The van der Waals surface area contributed by atoms with E-state index in [1.807, 2.05) is 35.9 Å². The number of rotatable bonds is 7. The number of fused-ring (bicyclic) bond motifs is 1. The molecule has 3 aromatic rings. The maximum atomic E-state index is 12.9. The molecule has 1 aromatic heterocycles. The van der Waals surface area contributed by atoms with Gasteiger partial charge in [0.25, 0.3) is 0 Å². The van der Waals surface area contributed by atoms with Crippen molar-refractivity contribution >= 4 is 11.6 Å². The van der Waals surface area contributed by atoms with Crippen LogP contribution >= 0.6 is 11.6 Å². The topological polar surface area (TPSA) is 34.0 Å². The van der Waals surface area contributed by atoms with Crippen LogP contribution in [-0.4, -0.2) is 38.8 Å². The predicted octanol–water partition coefficient (Wildman–Crippen LogP) is 5.75. The molecule has 2 aliphatic heterocycles. The zero-order chi connectivity index (χ0) is 23.9. The van der Waals surface area contributed by atoms with Crippen molar-refractivity contribution in [2.45, 2.75) is 43.8 Å². The Balaban J connectivity index is 1.05. The molecular weight excluding hydrogens is 461 g/mol. The Bertz CT molecular complexity index is 1250. The Morgan fingerprint density at radius 3 is 2.53 bits per heavy atom. The summed E-state index contributed by atoms with van der Waals surface area (Å²) < 4.78 is 40.9. The van der Waals surface area contributed by atoms with Crippen molar-refractivity contribution in [1.29, 1.82) is 0 Å². The van der Waals surface area contributed by atoms with E-state index in [0.29, 0.717) is 17.0 Å². The third-order valence-electron chi connectivity index (χ3n) is 8.61. The average Bonchev–Trinajstić information content (AvgIpc) is 3.23. The minimum atomic E-state index is -4.28. The van der Waals surface area contributed by atoms with Gasteiger partial charge in [-0.3, -0.25) is 4.90 Å². The van der Waals surface area contributed by atoms with Gasteiger partial charge in [-0.25, -0.2) is 0 Å². The molecule has 2 aliphatic carbocycles. The van der Waals surface area contributed by atoms with E-state index in [-0.39, 0.29) is 10.8 Å². The van der Waals surface area contributed by atoms with Gasteiger partial charge in [0.2, 0.25) is 0 Å². The Kier molecular flexibility index (Phi) is 4.75. The van der Waals surface area contributed by atoms with Crippen LogP contribution in [0.25, 0.3) is 11.4 Å². The third kappa shape index (κ3) is 2.95. The third-order valence-corrected chi connectivity index (χ3v) is 8.85. The van der Waals surface area contributed by atoms with Crippen LogP contribution in [0.15, 0.2) is 48.5 Å². The number of aromatic nitrogens is 3. The van der Waals surface area contributed by atoms with Crippen molar-refractivity contribution in [1.82, 2.24) is 19.7 Å². The molecule has 4 aliphatic rings. The summed E-state index contributed by atoms with van der Waals surface area (Å²) in [6.07, 6.45) is -1.36. The van der Waals surface area contributed by atoms with Gasteiger partial charge in [0.05, 0.1) is 5.56 Å². The summed E-state index contributed by atoms with van der Waals surface area (Å²) in [4.78, 5) is 2.55. The van der Waals surface area contributed by atoms with E-state index in [1.165, 1.54) is 12.1 Å². The van der Waals surface area contributed by atoms with E-state index in [2.05, 4.69) is 22.0 Å². The first-order valence-electron chi connectivity index (χ1n) is 11.7. The van der Waals surface area contributed by atoms with Crippen LogP contribution in [0.5, 0.6) is 0 Å². The first kappa shape index (κ1) is 22.1. The van der Waals surface area contributed by atoms with E-state index in [4.69, 9.17) is 11.6 Å². The minimum absolute atomic E-state index is 0.0760. The molecule has 4 atom stereocenters. The molecule has 2 saturated carbocycles. The highest BCUT2D eigenvalue weighted by Crippen LogP contribution is 2.94. The smallest absolute Gasteiger partial charge is 0.314 e. The van der Waals surface area contributed by atoms with E-state index in [0.717, 1.165) is 55.1 Å². The highest BCUT2D eigenvalue weighted by Gasteiger charge is 3.00. The van der Waals surface area contributed by atoms with Crippen molar-refractivity contribution < 1.29 is 13.2 Å². The summed E-state index contributed by atoms with van der Waals surface area (Å²) in [5, 5.41) is 9.41. The Labute approximate surface area is 201 Å². The van der Waals surface area contributed by atoms with E-state index >= 15 is 0 Å². The summed E-state index contributed by atoms with van der Waals surface area (Å²) in [6, 6.07) is 14.0. The van der Waals surface area contributed by atoms with Crippen molar-refractivity contribution in [2.24, 2.45) is 18.4 Å². The molecule has 2 unspecified atom stereocenters. The lowest BCUT2D eigenvalue weighted by Crippen LogP contribution is -2.25. The quantitative estimate of drug-likeness (QED) is 0.399. The minimum Gasteiger partial charge on any atom is -0.314 e. The number of piperidine rings is 1. The van der Waals surface area contributed by atoms with Crippen LogP contribution in [0, 0.1) is 11.3 Å². The first-order chi connectivity index (χ1) is 16.2. The molecule has 0 amide bonds. The van der Waals surface area contributed by atoms with Gasteiger partial charge in [0, 0.05) is 47.5 Å². The number of aryl methyl sites for hydroxylation is 1. The maximum absolute atomic E-state index is 12.9. The second-order valence-electron chi connectivity index (χ2n) is 10.1. The summed E-state index contributed by atoms with van der Waals surface area (Å²) in [7, 11) is 1.98. The summed E-state index contributed by atoms with van der Waals surface area (Å²) in [6.45, 7) is 4.36. The number of hydrogen-bond acceptors (Lipinski definition) is 3. The van der Waals surface area contributed by atoms with Gasteiger partial charge >= 0.3 is 6.18 Å². The van der Waals surface area contributed by atoms with Crippen molar-refractivity contribution in [3.8, 4) is 11.4 Å². The van der Waals surface area contributed by atoms with Crippen molar-refractivity contribution in [3.05, 3.63) is 70.5 Å². The second kappa shape index (κ2) is 7.31. The lowest BCUT2D eigenvalue weighted by atomic mass is 9.96. The van der Waals surface area contributed by atoms with Gasteiger partial charge in [-0.2, -0.15) is 13.2 Å².